The topological polar surface area (TPSA) is 0 Å². The zero-order valence-electron chi connectivity index (χ0n) is 21.0. The molecule has 2 radical (unpaired) electrons. The van der Waals surface area contributed by atoms with E-state index in [9.17, 15) is 0 Å². The van der Waals surface area contributed by atoms with Crippen LogP contribution >= 0.6 is 0 Å². The maximum atomic E-state index is 2.57. The molecule has 3 heteroatoms. The second kappa shape index (κ2) is 26.3. The minimum atomic E-state index is -1.01. The summed E-state index contributed by atoms with van der Waals surface area (Å²) >= 11 is 0. The summed E-state index contributed by atoms with van der Waals surface area (Å²) in [7, 11) is -1.01. The van der Waals surface area contributed by atoms with Crippen LogP contribution < -0.4 is 12.4 Å². The molecular formula is C28H48ClSiZr-. The molecule has 0 N–H and O–H groups in total. The molecule has 31 heavy (non-hydrogen) atoms. The molecule has 0 bridgehead atoms. The van der Waals surface area contributed by atoms with Crippen molar-refractivity contribution >= 4 is 8.07 Å². The minimum Gasteiger partial charge on any atom is -1.00 e. The summed E-state index contributed by atoms with van der Waals surface area (Å²) in [5.41, 5.74) is 0.899. The minimum absolute atomic E-state index is 0. The van der Waals surface area contributed by atoms with Gasteiger partial charge < -0.3 is 12.4 Å². The fourth-order valence-electron chi connectivity index (χ4n) is 3.20. The molecule has 0 aromatic rings. The third-order valence-corrected chi connectivity index (χ3v) is 7.89. The zero-order valence-corrected chi connectivity index (χ0v) is 25.2. The van der Waals surface area contributed by atoms with E-state index in [1.165, 1.54) is 64.2 Å². The Morgan fingerprint density at radius 2 is 1.10 bits per heavy atom. The quantitative estimate of drug-likeness (QED) is 0.145. The maximum absolute atomic E-state index is 2.57. The fraction of sp³-hybridized carbons (Fsp3) is 0.571. The van der Waals surface area contributed by atoms with Crippen molar-refractivity contribution in [3.63, 3.8) is 0 Å². The predicted molar refractivity (Wildman–Crippen MR) is 139 cm³/mol. The molecule has 0 saturated heterocycles. The third-order valence-electron chi connectivity index (χ3n) is 5.18. The van der Waals surface area contributed by atoms with Gasteiger partial charge in [0.05, 0.1) is 8.07 Å². The van der Waals surface area contributed by atoms with Gasteiger partial charge in [0.2, 0.25) is 0 Å². The Bertz CT molecular complexity index is 456. The first kappa shape index (κ1) is 35.7. The SMILES string of the molecule is CCCCCC/C=C/C(CCCCCC)[Si](C)(C)C.[CH]1C=CC=C1.[CH]1C=CC=C1.[Cl-].[Zr]. The van der Waals surface area contributed by atoms with E-state index in [1.54, 1.807) is 0 Å². The molecule has 0 heterocycles. The van der Waals surface area contributed by atoms with Gasteiger partial charge in [-0.2, -0.15) is 0 Å². The molecule has 0 spiro atoms. The average molecular weight is 539 g/mol. The molecule has 0 nitrogen and oxygen atoms in total. The molecule has 176 valence electrons. The second-order valence-electron chi connectivity index (χ2n) is 9.02. The zero-order chi connectivity index (χ0) is 21.6. The van der Waals surface area contributed by atoms with Gasteiger partial charge in [-0.05, 0) is 24.8 Å². The second-order valence-corrected chi connectivity index (χ2v) is 14.5. The average Bonchev–Trinajstić information content (AvgIpc) is 3.44. The Hall–Kier alpha value is 0.0900. The molecule has 0 amide bonds. The monoisotopic (exact) mass is 537 g/mol. The first-order chi connectivity index (χ1) is 14.0. The maximum Gasteiger partial charge on any atom is 0.0513 e. The predicted octanol–water partition coefficient (Wildman–Crippen LogP) is 6.83. The van der Waals surface area contributed by atoms with E-state index in [-0.39, 0.29) is 38.6 Å². The molecule has 1 unspecified atom stereocenters. The van der Waals surface area contributed by atoms with Crippen LogP contribution in [-0.2, 0) is 26.2 Å². The van der Waals surface area contributed by atoms with Gasteiger partial charge in [-0.3, -0.25) is 0 Å². The molecule has 1 atom stereocenters. The summed E-state index contributed by atoms with van der Waals surface area (Å²) in [4.78, 5) is 0. The number of allylic oxidation sites excluding steroid dienone is 10. The van der Waals surface area contributed by atoms with Crippen LogP contribution in [0.1, 0.15) is 78.1 Å². The van der Waals surface area contributed by atoms with Crippen molar-refractivity contribution in [3.05, 3.63) is 73.6 Å². The van der Waals surface area contributed by atoms with Crippen molar-refractivity contribution in [2.45, 2.75) is 103 Å². The van der Waals surface area contributed by atoms with Gasteiger partial charge in [-0.15, -0.1) is 0 Å². The van der Waals surface area contributed by atoms with Crippen LogP contribution in [0.15, 0.2) is 60.8 Å². The molecule has 0 saturated carbocycles. The van der Waals surface area contributed by atoms with Gasteiger partial charge >= 0.3 is 0 Å². The van der Waals surface area contributed by atoms with Crippen LogP contribution in [0.5, 0.6) is 0 Å². The summed E-state index contributed by atoms with van der Waals surface area (Å²) < 4.78 is 0. The fourth-order valence-corrected chi connectivity index (χ4v) is 4.98. The van der Waals surface area contributed by atoms with E-state index < -0.39 is 8.07 Å². The van der Waals surface area contributed by atoms with Gasteiger partial charge in [0.1, 0.15) is 0 Å². The molecule has 2 aliphatic carbocycles. The molecule has 2 rings (SSSR count). The first-order valence-electron chi connectivity index (χ1n) is 12.0. The van der Waals surface area contributed by atoms with Crippen molar-refractivity contribution in [2.24, 2.45) is 0 Å². The molecule has 0 fully saturated rings. The number of unbranched alkanes of at least 4 members (excludes halogenated alkanes) is 7. The van der Waals surface area contributed by atoms with Crippen LogP contribution in [0, 0.1) is 12.8 Å². The Balaban J connectivity index is -0.000000528. The van der Waals surface area contributed by atoms with Crippen LogP contribution in [0.2, 0.25) is 25.2 Å². The summed E-state index contributed by atoms with van der Waals surface area (Å²) in [6.07, 6.45) is 39.0. The van der Waals surface area contributed by atoms with Crippen molar-refractivity contribution in [1.82, 2.24) is 0 Å². The van der Waals surface area contributed by atoms with Crippen molar-refractivity contribution in [2.75, 3.05) is 0 Å². The Kier molecular flexibility index (Phi) is 30.3. The number of hydrogen-bond donors (Lipinski definition) is 0. The Morgan fingerprint density at radius 3 is 1.45 bits per heavy atom. The molecule has 0 aromatic heterocycles. The van der Waals surface area contributed by atoms with E-state index >= 15 is 0 Å². The normalized spacial score (nSPS) is 14.4. The van der Waals surface area contributed by atoms with E-state index in [0.717, 1.165) is 5.54 Å². The smallest absolute Gasteiger partial charge is 0.0513 e. The summed E-state index contributed by atoms with van der Waals surface area (Å²) in [5, 5.41) is 0. The summed E-state index contributed by atoms with van der Waals surface area (Å²) in [6, 6.07) is 0. The standard InChI is InChI=1S/C18H38Si.2C5H5.ClH.Zr/c1-6-8-10-12-13-15-17-18(19(3,4)5)16-14-11-9-7-2;2*1-2-4-5-3-1;;/h15,17-18H,6-14,16H2,1-5H3;2*1-5H;1H;/p-1/b17-15+;;;;. The van der Waals surface area contributed by atoms with Crippen molar-refractivity contribution in [1.29, 1.82) is 0 Å². The molecule has 2 aliphatic rings. The third kappa shape index (κ3) is 26.2. The summed E-state index contributed by atoms with van der Waals surface area (Å²) in [6.45, 7) is 12.2. The first-order valence-corrected chi connectivity index (χ1v) is 15.6. The molecule has 0 aromatic carbocycles. The van der Waals surface area contributed by atoms with Crippen molar-refractivity contribution < 1.29 is 38.6 Å². The van der Waals surface area contributed by atoms with Crippen LogP contribution in [0.4, 0.5) is 0 Å². The van der Waals surface area contributed by atoms with E-state index in [1.807, 2.05) is 61.4 Å². The molecular weight excluding hydrogens is 491 g/mol. The Labute approximate surface area is 222 Å². The number of halogens is 1. The largest absolute Gasteiger partial charge is 1.00 e. The van der Waals surface area contributed by atoms with Crippen molar-refractivity contribution in [3.8, 4) is 0 Å². The van der Waals surface area contributed by atoms with E-state index in [2.05, 4.69) is 45.6 Å². The van der Waals surface area contributed by atoms with E-state index in [4.69, 9.17) is 0 Å². The van der Waals surface area contributed by atoms with Gasteiger partial charge in [0.15, 0.2) is 0 Å². The Morgan fingerprint density at radius 1 is 0.645 bits per heavy atom. The van der Waals surface area contributed by atoms with Gasteiger partial charge in [-0.1, -0.05) is 139 Å². The van der Waals surface area contributed by atoms with Crippen LogP contribution in [0.25, 0.3) is 0 Å². The number of rotatable bonds is 12. The summed E-state index contributed by atoms with van der Waals surface area (Å²) in [5.74, 6) is 0. The number of hydrogen-bond acceptors (Lipinski definition) is 0. The van der Waals surface area contributed by atoms with Crippen LogP contribution in [0.3, 0.4) is 0 Å². The van der Waals surface area contributed by atoms with Crippen LogP contribution in [-0.4, -0.2) is 8.07 Å². The van der Waals surface area contributed by atoms with E-state index in [0.29, 0.717) is 0 Å². The van der Waals surface area contributed by atoms with Gasteiger partial charge in [0.25, 0.3) is 0 Å². The molecule has 0 aliphatic heterocycles. The van der Waals surface area contributed by atoms with Gasteiger partial charge in [-0.25, -0.2) is 0 Å². The van der Waals surface area contributed by atoms with Gasteiger partial charge in [0, 0.05) is 39.0 Å².